The zero-order valence-corrected chi connectivity index (χ0v) is 16.0. The number of rotatable bonds is 7. The van der Waals surface area contributed by atoms with Crippen molar-refractivity contribution in [3.8, 4) is 22.8 Å². The Hall–Kier alpha value is -1.73. The molecule has 0 aliphatic heterocycles. The minimum atomic E-state index is 0.0134. The molecule has 1 aromatic carbocycles. The molecule has 1 amide bonds. The lowest BCUT2D eigenvalue weighted by molar-refractivity contribution is -0.113. The first-order valence-corrected chi connectivity index (χ1v) is 10.2. The van der Waals surface area contributed by atoms with Crippen molar-refractivity contribution >= 4 is 34.1 Å². The Labute approximate surface area is 156 Å². The van der Waals surface area contributed by atoms with Crippen molar-refractivity contribution in [2.45, 2.75) is 30.9 Å². The van der Waals surface area contributed by atoms with E-state index in [0.717, 1.165) is 17.0 Å². The van der Waals surface area contributed by atoms with E-state index in [-0.39, 0.29) is 5.91 Å². The SMILES string of the molecule is COc1ccc(-c2csc(NC(=O)CSC3CCCC3)n2)c(OC)c1. The Kier molecular flexibility index (Phi) is 6.20. The van der Waals surface area contributed by atoms with Crippen LogP contribution in [-0.2, 0) is 4.79 Å². The second kappa shape index (κ2) is 8.58. The summed E-state index contributed by atoms with van der Waals surface area (Å²) in [6.45, 7) is 0. The van der Waals surface area contributed by atoms with Crippen LogP contribution >= 0.6 is 23.1 Å². The highest BCUT2D eigenvalue weighted by molar-refractivity contribution is 8.00. The number of nitrogens with zero attached hydrogens (tertiary/aromatic N) is 1. The van der Waals surface area contributed by atoms with Gasteiger partial charge in [-0.15, -0.1) is 23.1 Å². The molecular weight excluding hydrogens is 356 g/mol. The van der Waals surface area contributed by atoms with Gasteiger partial charge < -0.3 is 14.8 Å². The topological polar surface area (TPSA) is 60.5 Å². The third-order valence-electron chi connectivity index (χ3n) is 4.19. The van der Waals surface area contributed by atoms with Crippen LogP contribution in [0, 0.1) is 0 Å². The number of anilines is 1. The van der Waals surface area contributed by atoms with E-state index >= 15 is 0 Å². The van der Waals surface area contributed by atoms with Crippen LogP contribution in [0.1, 0.15) is 25.7 Å². The maximum absolute atomic E-state index is 12.1. The first-order chi connectivity index (χ1) is 12.2. The van der Waals surface area contributed by atoms with Crippen molar-refractivity contribution in [1.29, 1.82) is 0 Å². The molecule has 1 heterocycles. The number of benzene rings is 1. The van der Waals surface area contributed by atoms with Crippen LogP contribution in [0.15, 0.2) is 23.6 Å². The van der Waals surface area contributed by atoms with Crippen LogP contribution < -0.4 is 14.8 Å². The molecule has 1 aromatic heterocycles. The van der Waals surface area contributed by atoms with Gasteiger partial charge in [0.05, 0.1) is 25.7 Å². The number of carbonyl (C=O) groups excluding carboxylic acids is 1. The summed E-state index contributed by atoms with van der Waals surface area (Å²) in [5.74, 6) is 1.93. The molecule has 0 atom stereocenters. The molecule has 1 N–H and O–H groups in total. The fourth-order valence-corrected chi connectivity index (χ4v) is 4.72. The van der Waals surface area contributed by atoms with Crippen molar-refractivity contribution in [2.24, 2.45) is 0 Å². The lowest BCUT2D eigenvalue weighted by atomic mass is 10.1. The third-order valence-corrected chi connectivity index (χ3v) is 6.32. The maximum Gasteiger partial charge on any atom is 0.236 e. The van der Waals surface area contributed by atoms with E-state index in [1.807, 2.05) is 23.6 Å². The van der Waals surface area contributed by atoms with Gasteiger partial charge in [0.2, 0.25) is 5.91 Å². The Morgan fingerprint density at radius 2 is 2.12 bits per heavy atom. The zero-order chi connectivity index (χ0) is 17.6. The summed E-state index contributed by atoms with van der Waals surface area (Å²) < 4.78 is 10.6. The van der Waals surface area contributed by atoms with Crippen LogP contribution in [0.25, 0.3) is 11.3 Å². The summed E-state index contributed by atoms with van der Waals surface area (Å²) in [4.78, 5) is 16.6. The lowest BCUT2D eigenvalue weighted by Crippen LogP contribution is -2.15. The normalized spacial score (nSPS) is 14.5. The molecule has 0 saturated heterocycles. The lowest BCUT2D eigenvalue weighted by Gasteiger charge is -2.08. The van der Waals surface area contributed by atoms with Gasteiger partial charge in [0.25, 0.3) is 0 Å². The standard InChI is InChI=1S/C18H22N2O3S2/c1-22-12-7-8-14(16(9-12)23-2)15-10-25-18(19-15)20-17(21)11-24-13-5-3-4-6-13/h7-10,13H,3-6,11H2,1-2H3,(H,19,20,21). The van der Waals surface area contributed by atoms with Gasteiger partial charge in [-0.05, 0) is 25.0 Å². The quantitative estimate of drug-likeness (QED) is 0.772. The Bertz CT molecular complexity index is 727. The van der Waals surface area contributed by atoms with Crippen molar-refractivity contribution in [3.05, 3.63) is 23.6 Å². The van der Waals surface area contributed by atoms with Crippen LogP contribution in [0.4, 0.5) is 5.13 Å². The molecule has 0 unspecified atom stereocenters. The van der Waals surface area contributed by atoms with Crippen molar-refractivity contribution in [3.63, 3.8) is 0 Å². The van der Waals surface area contributed by atoms with Crippen molar-refractivity contribution in [2.75, 3.05) is 25.3 Å². The Morgan fingerprint density at radius 3 is 2.84 bits per heavy atom. The molecule has 1 saturated carbocycles. The molecule has 134 valence electrons. The number of nitrogens with one attached hydrogen (secondary N) is 1. The van der Waals surface area contributed by atoms with E-state index in [2.05, 4.69) is 10.3 Å². The van der Waals surface area contributed by atoms with E-state index in [4.69, 9.17) is 9.47 Å². The summed E-state index contributed by atoms with van der Waals surface area (Å²) in [6.07, 6.45) is 5.05. The number of ether oxygens (including phenoxy) is 2. The molecule has 3 rings (SSSR count). The number of methoxy groups -OCH3 is 2. The number of carbonyl (C=O) groups is 1. The predicted octanol–water partition coefficient (Wildman–Crippen LogP) is 4.44. The minimum absolute atomic E-state index is 0.0134. The molecule has 25 heavy (non-hydrogen) atoms. The van der Waals surface area contributed by atoms with Crippen LogP contribution in [0.5, 0.6) is 11.5 Å². The molecule has 2 aromatic rings. The smallest absolute Gasteiger partial charge is 0.236 e. The Morgan fingerprint density at radius 1 is 1.32 bits per heavy atom. The highest BCUT2D eigenvalue weighted by Gasteiger charge is 2.17. The fourth-order valence-electron chi connectivity index (χ4n) is 2.87. The molecule has 0 bridgehead atoms. The monoisotopic (exact) mass is 378 g/mol. The summed E-state index contributed by atoms with van der Waals surface area (Å²) in [7, 11) is 3.24. The van der Waals surface area contributed by atoms with E-state index in [0.29, 0.717) is 21.9 Å². The summed E-state index contributed by atoms with van der Waals surface area (Å²) >= 11 is 3.18. The van der Waals surface area contributed by atoms with Crippen molar-refractivity contribution in [1.82, 2.24) is 4.98 Å². The molecular formula is C18H22N2O3S2. The number of aromatic nitrogens is 1. The van der Waals surface area contributed by atoms with Gasteiger partial charge >= 0.3 is 0 Å². The number of thiazole rings is 1. The largest absolute Gasteiger partial charge is 0.497 e. The Balaban J connectivity index is 1.63. The average molecular weight is 379 g/mol. The summed E-state index contributed by atoms with van der Waals surface area (Å²) in [5, 5.41) is 6.07. The van der Waals surface area contributed by atoms with Gasteiger partial charge in [0, 0.05) is 22.3 Å². The number of hydrogen-bond acceptors (Lipinski definition) is 6. The summed E-state index contributed by atoms with van der Waals surface area (Å²) in [5.41, 5.74) is 1.66. The van der Waals surface area contributed by atoms with Gasteiger partial charge in [-0.2, -0.15) is 0 Å². The van der Waals surface area contributed by atoms with E-state index in [1.165, 1.54) is 37.0 Å². The number of amides is 1. The van der Waals surface area contributed by atoms with Crippen molar-refractivity contribution < 1.29 is 14.3 Å². The highest BCUT2D eigenvalue weighted by Crippen LogP contribution is 2.35. The molecule has 0 spiro atoms. The van der Waals surface area contributed by atoms with E-state index < -0.39 is 0 Å². The third kappa shape index (κ3) is 4.67. The average Bonchev–Trinajstić information content (AvgIpc) is 3.31. The number of hydrogen-bond donors (Lipinski definition) is 1. The first-order valence-electron chi connectivity index (χ1n) is 8.29. The van der Waals surface area contributed by atoms with Gasteiger partial charge in [-0.25, -0.2) is 4.98 Å². The zero-order valence-electron chi connectivity index (χ0n) is 14.4. The minimum Gasteiger partial charge on any atom is -0.497 e. The molecule has 1 fully saturated rings. The summed E-state index contributed by atoms with van der Waals surface area (Å²) in [6, 6.07) is 5.60. The van der Waals surface area contributed by atoms with Gasteiger partial charge in [-0.1, -0.05) is 12.8 Å². The van der Waals surface area contributed by atoms with Gasteiger partial charge in [0.1, 0.15) is 11.5 Å². The predicted molar refractivity (Wildman–Crippen MR) is 104 cm³/mol. The maximum atomic E-state index is 12.1. The highest BCUT2D eigenvalue weighted by atomic mass is 32.2. The van der Waals surface area contributed by atoms with Gasteiger partial charge in [-0.3, -0.25) is 4.79 Å². The van der Waals surface area contributed by atoms with Crippen LogP contribution in [0.3, 0.4) is 0 Å². The second-order valence-electron chi connectivity index (χ2n) is 5.87. The molecule has 5 nitrogen and oxygen atoms in total. The molecule has 1 aliphatic carbocycles. The van der Waals surface area contributed by atoms with E-state index in [1.54, 1.807) is 26.0 Å². The molecule has 1 aliphatic rings. The first kappa shape index (κ1) is 18.1. The van der Waals surface area contributed by atoms with Gasteiger partial charge in [0.15, 0.2) is 5.13 Å². The van der Waals surface area contributed by atoms with E-state index in [9.17, 15) is 4.79 Å². The van der Waals surface area contributed by atoms with Crippen LogP contribution in [0.2, 0.25) is 0 Å². The number of thioether (sulfide) groups is 1. The molecule has 0 radical (unpaired) electrons. The van der Waals surface area contributed by atoms with Crippen LogP contribution in [-0.4, -0.2) is 36.1 Å². The fraction of sp³-hybridized carbons (Fsp3) is 0.444. The second-order valence-corrected chi connectivity index (χ2v) is 8.02. The molecule has 7 heteroatoms.